The Kier molecular flexibility index (Phi) is 7.89. The van der Waals surface area contributed by atoms with Crippen molar-refractivity contribution in [2.45, 2.75) is 51.7 Å². The average Bonchev–Trinajstić information content (AvgIpc) is 3.30. The number of benzene rings is 3. The summed E-state index contributed by atoms with van der Waals surface area (Å²) in [6, 6.07) is 18.7. The second-order valence-corrected chi connectivity index (χ2v) is 10.5. The molecule has 1 atom stereocenters. The Bertz CT molecular complexity index is 1270. The lowest BCUT2D eigenvalue weighted by Gasteiger charge is -2.29. The molecule has 38 heavy (non-hydrogen) atoms. The first-order chi connectivity index (χ1) is 18.4. The van der Waals surface area contributed by atoms with Crippen LogP contribution in [0.4, 0.5) is 0 Å². The van der Waals surface area contributed by atoms with Gasteiger partial charge in [-0.25, -0.2) is 0 Å². The minimum absolute atomic E-state index is 0.0239. The van der Waals surface area contributed by atoms with Gasteiger partial charge in [0.1, 0.15) is 30.0 Å². The molecule has 0 aromatic heterocycles. The zero-order valence-electron chi connectivity index (χ0n) is 22.8. The Hall–Kier alpha value is -3.51. The molecule has 0 unspecified atom stereocenters. The summed E-state index contributed by atoms with van der Waals surface area (Å²) in [5.41, 5.74) is 6.96. The van der Waals surface area contributed by atoms with Crippen molar-refractivity contribution in [3.63, 3.8) is 0 Å². The van der Waals surface area contributed by atoms with Crippen LogP contribution in [0.2, 0.25) is 0 Å². The lowest BCUT2D eigenvalue weighted by atomic mass is 9.94. The van der Waals surface area contributed by atoms with Crippen LogP contribution >= 0.6 is 0 Å². The number of esters is 1. The fourth-order valence-electron chi connectivity index (χ4n) is 5.53. The van der Waals surface area contributed by atoms with Gasteiger partial charge in [0.2, 0.25) is 0 Å². The fraction of sp³-hybridized carbons (Fsp3) is 0.406. The molecule has 6 heteroatoms. The predicted molar refractivity (Wildman–Crippen MR) is 148 cm³/mol. The van der Waals surface area contributed by atoms with E-state index >= 15 is 0 Å². The van der Waals surface area contributed by atoms with Crippen molar-refractivity contribution in [3.05, 3.63) is 76.9 Å². The first-order valence-electron chi connectivity index (χ1n) is 13.4. The normalized spacial score (nSPS) is 17.5. The van der Waals surface area contributed by atoms with Gasteiger partial charge in [-0.05, 0) is 85.8 Å². The van der Waals surface area contributed by atoms with Crippen LogP contribution < -0.4 is 14.2 Å². The predicted octanol–water partition coefficient (Wildman–Crippen LogP) is 6.06. The monoisotopic (exact) mass is 515 g/mol. The van der Waals surface area contributed by atoms with Crippen molar-refractivity contribution < 1.29 is 23.7 Å². The number of methoxy groups -OCH3 is 1. The van der Waals surface area contributed by atoms with Crippen LogP contribution in [0.15, 0.2) is 54.6 Å². The molecule has 0 N–H and O–H groups in total. The maximum Gasteiger partial charge on any atom is 0.306 e. The van der Waals surface area contributed by atoms with E-state index in [2.05, 4.69) is 62.2 Å². The molecule has 0 bridgehead atoms. The standard InChI is InChI=1S/C32H37NO5/c1-21-14-28(38-26-10-12-33(3)13-11-26)15-22(2)32(21)24-7-5-6-23(16-24)19-36-27-8-9-29-25(17-31(34)35-4)20-37-30(29)18-27/h5-9,14-16,18,25-26H,10-13,17,19-20H2,1-4H3/t25-/m1/s1. The smallest absolute Gasteiger partial charge is 0.306 e. The average molecular weight is 516 g/mol. The van der Waals surface area contributed by atoms with Crippen molar-refractivity contribution in [2.75, 3.05) is 33.9 Å². The van der Waals surface area contributed by atoms with Gasteiger partial charge in [0.15, 0.2) is 0 Å². The Balaban J connectivity index is 1.25. The van der Waals surface area contributed by atoms with Crippen molar-refractivity contribution in [3.8, 4) is 28.4 Å². The van der Waals surface area contributed by atoms with Crippen molar-refractivity contribution in [2.24, 2.45) is 0 Å². The van der Waals surface area contributed by atoms with E-state index in [0.717, 1.165) is 54.3 Å². The molecule has 2 aliphatic heterocycles. The van der Waals surface area contributed by atoms with E-state index in [-0.39, 0.29) is 11.9 Å². The van der Waals surface area contributed by atoms with E-state index in [1.165, 1.54) is 29.4 Å². The highest BCUT2D eigenvalue weighted by Crippen LogP contribution is 2.39. The number of ether oxygens (including phenoxy) is 4. The maximum atomic E-state index is 11.7. The molecule has 3 aromatic carbocycles. The van der Waals surface area contributed by atoms with Crippen molar-refractivity contribution in [1.82, 2.24) is 4.90 Å². The largest absolute Gasteiger partial charge is 0.492 e. The number of carbonyl (C=O) groups is 1. The molecule has 2 aliphatic rings. The van der Waals surface area contributed by atoms with Crippen molar-refractivity contribution in [1.29, 1.82) is 0 Å². The molecule has 0 radical (unpaired) electrons. The second kappa shape index (κ2) is 11.5. The molecule has 6 nitrogen and oxygen atoms in total. The van der Waals surface area contributed by atoms with Gasteiger partial charge in [-0.15, -0.1) is 0 Å². The first-order valence-corrected chi connectivity index (χ1v) is 13.4. The number of hydrogen-bond donors (Lipinski definition) is 0. The summed E-state index contributed by atoms with van der Waals surface area (Å²) in [5, 5.41) is 0. The van der Waals surface area contributed by atoms with Gasteiger partial charge in [0.05, 0.1) is 20.1 Å². The molecule has 0 saturated carbocycles. The molecule has 200 valence electrons. The lowest BCUT2D eigenvalue weighted by molar-refractivity contribution is -0.141. The summed E-state index contributed by atoms with van der Waals surface area (Å²) in [7, 11) is 3.58. The number of nitrogens with zero attached hydrogens (tertiary/aromatic N) is 1. The molecule has 0 amide bonds. The molecule has 1 fully saturated rings. The minimum atomic E-state index is -0.225. The number of aryl methyl sites for hydroxylation is 2. The molecule has 3 aromatic rings. The Morgan fingerprint density at radius 3 is 2.50 bits per heavy atom. The van der Waals surface area contributed by atoms with E-state index in [9.17, 15) is 4.79 Å². The summed E-state index contributed by atoms with van der Waals surface area (Å²) >= 11 is 0. The Morgan fingerprint density at radius 2 is 1.76 bits per heavy atom. The van der Waals surface area contributed by atoms with Crippen LogP contribution in [0.1, 0.15) is 47.4 Å². The van der Waals surface area contributed by atoms with E-state index in [4.69, 9.17) is 18.9 Å². The zero-order valence-corrected chi connectivity index (χ0v) is 22.8. The quantitative estimate of drug-likeness (QED) is 0.340. The van der Waals surface area contributed by atoms with Crippen LogP contribution in [0.25, 0.3) is 11.1 Å². The van der Waals surface area contributed by atoms with E-state index in [1.807, 2.05) is 18.2 Å². The highest BCUT2D eigenvalue weighted by molar-refractivity contribution is 5.72. The number of carbonyl (C=O) groups excluding carboxylic acids is 1. The summed E-state index contributed by atoms with van der Waals surface area (Å²) in [5.74, 6) is 2.28. The number of rotatable bonds is 8. The van der Waals surface area contributed by atoms with Gasteiger partial charge in [0.25, 0.3) is 0 Å². The zero-order chi connectivity index (χ0) is 26.6. The molecule has 1 saturated heterocycles. The number of fused-ring (bicyclic) bond motifs is 1. The summed E-state index contributed by atoms with van der Waals surface area (Å²) in [6.07, 6.45) is 2.76. The number of piperidine rings is 1. The molecular weight excluding hydrogens is 478 g/mol. The SMILES string of the molecule is COC(=O)C[C@@H]1COc2cc(OCc3cccc(-c4c(C)cc(OC5CCN(C)CC5)cc4C)c3)ccc21. The van der Waals surface area contributed by atoms with E-state index < -0.39 is 0 Å². The number of likely N-dealkylation sites (tertiary alicyclic amines) is 1. The van der Waals surface area contributed by atoms with Gasteiger partial charge in [-0.3, -0.25) is 4.79 Å². The highest BCUT2D eigenvalue weighted by atomic mass is 16.5. The molecule has 0 aliphatic carbocycles. The van der Waals surface area contributed by atoms with Crippen LogP contribution in [-0.4, -0.2) is 50.8 Å². The van der Waals surface area contributed by atoms with Crippen LogP contribution in [-0.2, 0) is 16.1 Å². The third-order valence-corrected chi connectivity index (χ3v) is 7.60. The maximum absolute atomic E-state index is 11.7. The Labute approximate surface area is 225 Å². The van der Waals surface area contributed by atoms with E-state index in [1.54, 1.807) is 0 Å². The minimum Gasteiger partial charge on any atom is -0.492 e. The van der Waals surface area contributed by atoms with Crippen LogP contribution in [0.5, 0.6) is 17.2 Å². The Morgan fingerprint density at radius 1 is 1.00 bits per heavy atom. The fourth-order valence-corrected chi connectivity index (χ4v) is 5.53. The molecule has 5 rings (SSSR count). The van der Waals surface area contributed by atoms with Gasteiger partial charge in [0, 0.05) is 30.6 Å². The van der Waals surface area contributed by atoms with Gasteiger partial charge in [-0.2, -0.15) is 0 Å². The molecular formula is C32H37NO5. The summed E-state index contributed by atoms with van der Waals surface area (Å²) < 4.78 is 23.1. The van der Waals surface area contributed by atoms with Gasteiger partial charge in [-0.1, -0.05) is 24.3 Å². The first kappa shape index (κ1) is 26.1. The molecule has 0 spiro atoms. The van der Waals surface area contributed by atoms with Gasteiger partial charge >= 0.3 is 5.97 Å². The highest BCUT2D eigenvalue weighted by Gasteiger charge is 2.27. The van der Waals surface area contributed by atoms with Crippen molar-refractivity contribution >= 4 is 5.97 Å². The third kappa shape index (κ3) is 5.97. The lowest BCUT2D eigenvalue weighted by Crippen LogP contribution is -2.35. The molecule has 2 heterocycles. The van der Waals surface area contributed by atoms with Gasteiger partial charge < -0.3 is 23.8 Å². The van der Waals surface area contributed by atoms with E-state index in [0.29, 0.717) is 25.7 Å². The third-order valence-electron chi connectivity index (χ3n) is 7.60. The summed E-state index contributed by atoms with van der Waals surface area (Å²) in [6.45, 7) is 7.42. The second-order valence-electron chi connectivity index (χ2n) is 10.5. The number of hydrogen-bond acceptors (Lipinski definition) is 6. The van der Waals surface area contributed by atoms with Crippen LogP contribution in [0, 0.1) is 13.8 Å². The van der Waals surface area contributed by atoms with Crippen LogP contribution in [0.3, 0.4) is 0 Å². The topological polar surface area (TPSA) is 57.2 Å². The summed E-state index contributed by atoms with van der Waals surface area (Å²) in [4.78, 5) is 14.0.